The van der Waals surface area contributed by atoms with E-state index >= 15 is 0 Å². The molecule has 0 spiro atoms. The van der Waals surface area contributed by atoms with Crippen molar-refractivity contribution in [3.05, 3.63) is 18.5 Å². The molecule has 5 nitrogen and oxygen atoms in total. The first-order valence-electron chi connectivity index (χ1n) is 6.44. The van der Waals surface area contributed by atoms with Gasteiger partial charge in [-0.25, -0.2) is 9.97 Å². The maximum atomic E-state index is 12.0. The lowest BCUT2D eigenvalue weighted by Gasteiger charge is -2.27. The second kappa shape index (κ2) is 8.12. The molecule has 0 radical (unpaired) electrons. The van der Waals surface area contributed by atoms with Crippen LogP contribution in [0.25, 0.3) is 0 Å². The molecule has 0 amide bonds. The van der Waals surface area contributed by atoms with E-state index in [1.54, 1.807) is 18.5 Å². The third-order valence-electron chi connectivity index (χ3n) is 2.67. The highest BCUT2D eigenvalue weighted by Crippen LogP contribution is 2.19. The molecule has 0 saturated carbocycles. The Morgan fingerprint density at radius 1 is 1.42 bits per heavy atom. The van der Waals surface area contributed by atoms with Gasteiger partial charge in [-0.05, 0) is 32.9 Å². The normalized spacial score (nSPS) is 13.8. The lowest BCUT2D eigenvalue weighted by molar-refractivity contribution is -0.150. The average molecular weight is 283 g/mol. The Hall–Kier alpha value is -1.14. The second-order valence-corrected chi connectivity index (χ2v) is 5.27. The van der Waals surface area contributed by atoms with Gasteiger partial charge in [0.15, 0.2) is 5.16 Å². The van der Waals surface area contributed by atoms with Crippen molar-refractivity contribution in [3.63, 3.8) is 0 Å². The summed E-state index contributed by atoms with van der Waals surface area (Å²) in [5.74, 6) is 0.554. The maximum Gasteiger partial charge on any atom is 0.326 e. The molecule has 0 aliphatic carbocycles. The Kier molecular flexibility index (Phi) is 6.80. The molecule has 1 N–H and O–H groups in total. The zero-order valence-electron chi connectivity index (χ0n) is 11.7. The molecule has 1 heterocycles. The van der Waals surface area contributed by atoms with Crippen LogP contribution in [0.5, 0.6) is 0 Å². The Morgan fingerprint density at radius 2 is 2.11 bits per heavy atom. The molecule has 0 fully saturated rings. The molecular formula is C13H21N3O2S. The molecule has 1 aromatic heterocycles. The molecule has 19 heavy (non-hydrogen) atoms. The van der Waals surface area contributed by atoms with E-state index < -0.39 is 5.54 Å². The predicted octanol–water partition coefficient (Wildman–Crippen LogP) is 1.89. The van der Waals surface area contributed by atoms with Gasteiger partial charge in [-0.1, -0.05) is 18.7 Å². The number of carbonyl (C=O) groups is 1. The molecule has 0 bridgehead atoms. The average Bonchev–Trinajstić information content (AvgIpc) is 2.40. The first-order valence-corrected chi connectivity index (χ1v) is 7.43. The molecule has 1 atom stereocenters. The maximum absolute atomic E-state index is 12.0. The number of ether oxygens (including phenoxy) is 1. The lowest BCUT2D eigenvalue weighted by atomic mass is 9.99. The predicted molar refractivity (Wildman–Crippen MR) is 76.1 cm³/mol. The third-order valence-corrected chi connectivity index (χ3v) is 3.55. The van der Waals surface area contributed by atoms with Gasteiger partial charge in [0.25, 0.3) is 0 Å². The van der Waals surface area contributed by atoms with Gasteiger partial charge in [0.1, 0.15) is 5.54 Å². The topological polar surface area (TPSA) is 64.1 Å². The van der Waals surface area contributed by atoms with Gasteiger partial charge in [-0.15, -0.1) is 0 Å². The summed E-state index contributed by atoms with van der Waals surface area (Å²) in [4.78, 5) is 20.3. The van der Waals surface area contributed by atoms with Gasteiger partial charge >= 0.3 is 5.97 Å². The molecular weight excluding hydrogens is 262 g/mol. The third kappa shape index (κ3) is 5.16. The molecule has 106 valence electrons. The van der Waals surface area contributed by atoms with Crippen LogP contribution in [0.3, 0.4) is 0 Å². The van der Waals surface area contributed by atoms with Gasteiger partial charge < -0.3 is 10.1 Å². The smallest absolute Gasteiger partial charge is 0.326 e. The summed E-state index contributed by atoms with van der Waals surface area (Å²) in [5.41, 5.74) is -0.646. The lowest BCUT2D eigenvalue weighted by Crippen LogP contribution is -2.50. The molecule has 1 rings (SSSR count). The van der Waals surface area contributed by atoms with Crippen molar-refractivity contribution < 1.29 is 9.53 Å². The number of rotatable bonds is 8. The van der Waals surface area contributed by atoms with E-state index in [1.807, 2.05) is 20.8 Å². The first-order chi connectivity index (χ1) is 9.12. The summed E-state index contributed by atoms with van der Waals surface area (Å²) in [5, 5.41) is 3.93. The number of esters is 1. The highest BCUT2D eigenvalue weighted by molar-refractivity contribution is 7.99. The Labute approximate surface area is 118 Å². The van der Waals surface area contributed by atoms with Crippen LogP contribution >= 0.6 is 11.8 Å². The summed E-state index contributed by atoms with van der Waals surface area (Å²) in [6.07, 6.45) is 4.09. The minimum Gasteiger partial charge on any atom is -0.465 e. The molecule has 0 saturated heterocycles. The Balaban J connectivity index is 2.51. The quantitative estimate of drug-likeness (QED) is 0.446. The van der Waals surface area contributed by atoms with Gasteiger partial charge in [0, 0.05) is 18.1 Å². The van der Waals surface area contributed by atoms with E-state index in [2.05, 4.69) is 15.3 Å². The largest absolute Gasteiger partial charge is 0.465 e. The summed E-state index contributed by atoms with van der Waals surface area (Å²) in [6.45, 7) is 6.79. The van der Waals surface area contributed by atoms with E-state index in [0.717, 1.165) is 17.5 Å². The van der Waals surface area contributed by atoms with E-state index in [-0.39, 0.29) is 5.97 Å². The number of nitrogens with zero attached hydrogens (tertiary/aromatic N) is 2. The standard InChI is InChI=1S/C13H21N3O2S/c1-4-16-13(3,11(17)18-5-2)7-10-19-12-14-8-6-9-15-12/h6,8-9,16H,4-5,7,10H2,1-3H3. The van der Waals surface area contributed by atoms with Crippen molar-refractivity contribution in [1.82, 2.24) is 15.3 Å². The van der Waals surface area contributed by atoms with Crippen LogP contribution in [0.2, 0.25) is 0 Å². The van der Waals surface area contributed by atoms with Gasteiger partial charge in [0.2, 0.25) is 0 Å². The number of carbonyl (C=O) groups excluding carboxylic acids is 1. The van der Waals surface area contributed by atoms with Crippen molar-refractivity contribution in [2.24, 2.45) is 0 Å². The van der Waals surface area contributed by atoms with E-state index in [1.165, 1.54) is 11.8 Å². The summed E-state index contributed by atoms with van der Waals surface area (Å²) in [6, 6.07) is 1.78. The Morgan fingerprint density at radius 3 is 2.68 bits per heavy atom. The second-order valence-electron chi connectivity index (χ2n) is 4.21. The fraction of sp³-hybridized carbons (Fsp3) is 0.615. The van der Waals surface area contributed by atoms with E-state index in [9.17, 15) is 4.79 Å². The summed E-state index contributed by atoms with van der Waals surface area (Å²) < 4.78 is 5.12. The highest BCUT2D eigenvalue weighted by Gasteiger charge is 2.33. The van der Waals surface area contributed by atoms with Crippen molar-refractivity contribution >= 4 is 17.7 Å². The summed E-state index contributed by atoms with van der Waals surface area (Å²) >= 11 is 1.54. The molecule has 1 aromatic rings. The zero-order chi connectivity index (χ0) is 14.1. The van der Waals surface area contributed by atoms with Gasteiger partial charge in [-0.2, -0.15) is 0 Å². The minimum absolute atomic E-state index is 0.202. The molecule has 0 aliphatic rings. The van der Waals surface area contributed by atoms with E-state index in [0.29, 0.717) is 13.0 Å². The summed E-state index contributed by atoms with van der Waals surface area (Å²) in [7, 11) is 0. The number of likely N-dealkylation sites (N-methyl/N-ethyl adjacent to an activating group) is 1. The molecule has 0 aromatic carbocycles. The van der Waals surface area contributed by atoms with Crippen molar-refractivity contribution in [2.45, 2.75) is 37.9 Å². The van der Waals surface area contributed by atoms with Gasteiger partial charge in [-0.3, -0.25) is 4.79 Å². The highest BCUT2D eigenvalue weighted by atomic mass is 32.2. The number of nitrogens with one attached hydrogen (secondary N) is 1. The van der Waals surface area contributed by atoms with Gasteiger partial charge in [0.05, 0.1) is 6.61 Å². The van der Waals surface area contributed by atoms with Crippen LogP contribution in [-0.2, 0) is 9.53 Å². The number of hydrogen-bond acceptors (Lipinski definition) is 6. The first kappa shape index (κ1) is 15.9. The van der Waals surface area contributed by atoms with Crippen LogP contribution in [-0.4, -0.2) is 40.4 Å². The number of aromatic nitrogens is 2. The van der Waals surface area contributed by atoms with Crippen LogP contribution in [0.4, 0.5) is 0 Å². The van der Waals surface area contributed by atoms with Crippen LogP contribution in [0, 0.1) is 0 Å². The van der Waals surface area contributed by atoms with Crippen molar-refractivity contribution in [3.8, 4) is 0 Å². The molecule has 1 unspecified atom stereocenters. The van der Waals surface area contributed by atoms with Crippen LogP contribution in [0.15, 0.2) is 23.6 Å². The van der Waals surface area contributed by atoms with Crippen molar-refractivity contribution in [1.29, 1.82) is 0 Å². The van der Waals surface area contributed by atoms with Crippen LogP contribution < -0.4 is 5.32 Å². The fourth-order valence-electron chi connectivity index (χ4n) is 1.65. The molecule has 0 aliphatic heterocycles. The van der Waals surface area contributed by atoms with E-state index in [4.69, 9.17) is 4.74 Å². The Bertz CT molecular complexity index is 389. The molecule has 6 heteroatoms. The minimum atomic E-state index is -0.646. The van der Waals surface area contributed by atoms with Crippen LogP contribution in [0.1, 0.15) is 27.2 Å². The number of thioether (sulfide) groups is 1. The zero-order valence-corrected chi connectivity index (χ0v) is 12.5. The SMILES string of the molecule is CCNC(C)(CCSc1ncccn1)C(=O)OCC. The monoisotopic (exact) mass is 283 g/mol. The number of hydrogen-bond donors (Lipinski definition) is 1. The fourth-order valence-corrected chi connectivity index (χ4v) is 2.61. The van der Waals surface area contributed by atoms with Crippen molar-refractivity contribution in [2.75, 3.05) is 18.9 Å².